The monoisotopic (exact) mass is 539 g/mol. The van der Waals surface area contributed by atoms with Gasteiger partial charge in [-0.1, -0.05) is 19.0 Å². The Hall–Kier alpha value is -1.58. The molecule has 0 bridgehead atoms. The maximum Gasteiger partial charge on any atom is 0.248 e. The lowest BCUT2D eigenvalue weighted by Gasteiger charge is -2.40. The minimum Gasteiger partial charge on any atom is -0.391 e. The van der Waals surface area contributed by atoms with Gasteiger partial charge in [0.25, 0.3) is 0 Å². The highest BCUT2D eigenvalue weighted by molar-refractivity contribution is 5.76. The summed E-state index contributed by atoms with van der Waals surface area (Å²) in [7, 11) is 0. The molecular formula is C29H47F2N3O4. The summed E-state index contributed by atoms with van der Waals surface area (Å²) in [5, 5.41) is 15.2. The van der Waals surface area contributed by atoms with Crippen LogP contribution in [0.25, 0.3) is 0 Å². The number of likely N-dealkylation sites (tertiary alicyclic amines) is 1. The molecule has 1 amide bonds. The fourth-order valence-electron chi connectivity index (χ4n) is 6.41. The van der Waals surface area contributed by atoms with Gasteiger partial charge < -0.3 is 19.3 Å². The van der Waals surface area contributed by atoms with Crippen molar-refractivity contribution in [2.75, 3.05) is 39.4 Å². The number of nitrogens with zero attached hydrogens (tertiary/aromatic N) is 3. The number of carbonyl (C=O) groups excluding carboxylic acids is 1. The van der Waals surface area contributed by atoms with Crippen LogP contribution in [-0.4, -0.2) is 77.4 Å². The van der Waals surface area contributed by atoms with Crippen molar-refractivity contribution in [1.82, 2.24) is 15.0 Å². The van der Waals surface area contributed by atoms with E-state index in [0.717, 1.165) is 55.9 Å². The van der Waals surface area contributed by atoms with E-state index in [2.05, 4.69) is 10.1 Å². The van der Waals surface area contributed by atoms with Crippen molar-refractivity contribution in [2.24, 2.45) is 23.2 Å². The number of alkyl halides is 2. The Morgan fingerprint density at radius 3 is 2.50 bits per heavy atom. The number of aryl methyl sites for hydroxylation is 2. The topological polar surface area (TPSA) is 79.0 Å². The first-order valence-corrected chi connectivity index (χ1v) is 14.5. The fourth-order valence-corrected chi connectivity index (χ4v) is 6.41. The molecule has 4 rings (SSSR count). The van der Waals surface area contributed by atoms with Gasteiger partial charge in [0.1, 0.15) is 5.76 Å². The normalized spacial score (nSPS) is 30.2. The third-order valence-electron chi connectivity index (χ3n) is 9.28. The molecule has 2 aliphatic heterocycles. The van der Waals surface area contributed by atoms with Crippen molar-refractivity contribution >= 4 is 5.91 Å². The predicted octanol–water partition coefficient (Wildman–Crippen LogP) is 4.97. The van der Waals surface area contributed by atoms with Crippen LogP contribution in [0.4, 0.5) is 8.78 Å². The Morgan fingerprint density at radius 2 is 1.82 bits per heavy atom. The quantitative estimate of drug-likeness (QED) is 0.582. The first kappa shape index (κ1) is 29.4. The maximum absolute atomic E-state index is 13.8. The molecule has 2 saturated heterocycles. The highest BCUT2D eigenvalue weighted by Gasteiger charge is 2.39. The molecule has 3 heterocycles. The summed E-state index contributed by atoms with van der Waals surface area (Å²) in [5.74, 6) is -1.01. The fraction of sp³-hybridized carbons (Fsp3) is 0.862. The van der Waals surface area contributed by atoms with Crippen LogP contribution >= 0.6 is 0 Å². The highest BCUT2D eigenvalue weighted by Crippen LogP contribution is 2.37. The number of piperidine rings is 1. The minimum atomic E-state index is -2.59. The number of aliphatic hydroxyl groups excluding tert-OH is 1. The van der Waals surface area contributed by atoms with Crippen LogP contribution in [0.15, 0.2) is 4.52 Å². The standard InChI is InChI=1S/C29H47F2N3O4/c1-20-25(21(2)38-32-20)17-33-12-9-23-14-27(36)34(15-22-7-10-29(30,31)11-8-22)18-26(35)28(3,4)19-37-13-5-6-24(23)16-33/h22-24,26,35H,5-19H2,1-4H3/t23-,24-,26-/m0/s1. The van der Waals surface area contributed by atoms with Crippen molar-refractivity contribution < 1.29 is 27.9 Å². The van der Waals surface area contributed by atoms with Gasteiger partial charge in [0.05, 0.1) is 18.4 Å². The molecule has 1 saturated carbocycles. The molecule has 0 aromatic carbocycles. The van der Waals surface area contributed by atoms with Gasteiger partial charge in [0.2, 0.25) is 11.8 Å². The molecule has 1 aliphatic carbocycles. The summed E-state index contributed by atoms with van der Waals surface area (Å²) < 4.78 is 38.9. The molecule has 0 spiro atoms. The second kappa shape index (κ2) is 12.3. The van der Waals surface area contributed by atoms with E-state index < -0.39 is 17.4 Å². The molecule has 3 aliphatic rings. The zero-order valence-corrected chi connectivity index (χ0v) is 23.7. The molecule has 1 N–H and O–H groups in total. The van der Waals surface area contributed by atoms with Gasteiger partial charge in [-0.05, 0) is 70.3 Å². The Kier molecular flexibility index (Phi) is 9.51. The van der Waals surface area contributed by atoms with Crippen LogP contribution < -0.4 is 0 Å². The first-order valence-electron chi connectivity index (χ1n) is 14.5. The van der Waals surface area contributed by atoms with Gasteiger partial charge in [-0.3, -0.25) is 9.69 Å². The highest BCUT2D eigenvalue weighted by atomic mass is 19.3. The molecule has 1 aromatic rings. The van der Waals surface area contributed by atoms with E-state index in [1.807, 2.05) is 27.7 Å². The average Bonchev–Trinajstić information content (AvgIpc) is 3.17. The number of amides is 1. The number of hydrogen-bond acceptors (Lipinski definition) is 6. The van der Waals surface area contributed by atoms with Gasteiger partial charge in [0.15, 0.2) is 0 Å². The van der Waals surface area contributed by atoms with Crippen molar-refractivity contribution in [1.29, 1.82) is 0 Å². The van der Waals surface area contributed by atoms with Crippen molar-refractivity contribution in [2.45, 2.75) is 97.6 Å². The van der Waals surface area contributed by atoms with Crippen LogP contribution in [0.2, 0.25) is 0 Å². The number of aromatic nitrogens is 1. The molecule has 9 heteroatoms. The van der Waals surface area contributed by atoms with Crippen LogP contribution in [0, 0.1) is 37.0 Å². The van der Waals surface area contributed by atoms with E-state index in [0.29, 0.717) is 44.9 Å². The maximum atomic E-state index is 13.8. The molecule has 3 fully saturated rings. The number of carbonyl (C=O) groups is 1. The van der Waals surface area contributed by atoms with E-state index in [4.69, 9.17) is 9.26 Å². The van der Waals surface area contributed by atoms with E-state index >= 15 is 0 Å². The summed E-state index contributed by atoms with van der Waals surface area (Å²) in [6, 6.07) is 0. The first-order chi connectivity index (χ1) is 17.9. The van der Waals surface area contributed by atoms with Crippen molar-refractivity contribution in [3.63, 3.8) is 0 Å². The van der Waals surface area contributed by atoms with E-state index in [-0.39, 0.29) is 37.1 Å². The van der Waals surface area contributed by atoms with Gasteiger partial charge >= 0.3 is 0 Å². The zero-order chi connectivity index (χ0) is 27.5. The lowest BCUT2D eigenvalue weighted by atomic mass is 9.79. The molecule has 1 aromatic heterocycles. The summed E-state index contributed by atoms with van der Waals surface area (Å²) in [5.41, 5.74) is 1.57. The van der Waals surface area contributed by atoms with Gasteiger partial charge in [-0.15, -0.1) is 0 Å². The van der Waals surface area contributed by atoms with Crippen LogP contribution in [0.5, 0.6) is 0 Å². The third kappa shape index (κ3) is 7.54. The summed E-state index contributed by atoms with van der Waals surface area (Å²) in [4.78, 5) is 18.0. The van der Waals surface area contributed by atoms with E-state index in [9.17, 15) is 18.7 Å². The SMILES string of the molecule is Cc1noc(C)c1CN1CC[C@H]2CC(=O)N(CC3CCC(F)(F)CC3)C[C@H](O)C(C)(C)COCCC[C@H]2C1. The second-order valence-corrected chi connectivity index (χ2v) is 12.8. The number of halogens is 2. The molecular weight excluding hydrogens is 492 g/mol. The molecule has 216 valence electrons. The lowest BCUT2D eigenvalue weighted by molar-refractivity contribution is -0.138. The number of aliphatic hydroxyl groups is 1. The Balaban J connectivity index is 1.47. The second-order valence-electron chi connectivity index (χ2n) is 12.8. The van der Waals surface area contributed by atoms with Gasteiger partial charge in [-0.25, -0.2) is 8.78 Å². The smallest absolute Gasteiger partial charge is 0.248 e. The molecule has 38 heavy (non-hydrogen) atoms. The molecule has 0 unspecified atom stereocenters. The largest absolute Gasteiger partial charge is 0.391 e. The Bertz CT molecular complexity index is 907. The summed E-state index contributed by atoms with van der Waals surface area (Å²) in [6.45, 7) is 12.2. The summed E-state index contributed by atoms with van der Waals surface area (Å²) >= 11 is 0. The number of rotatable bonds is 4. The molecule has 3 atom stereocenters. The third-order valence-corrected chi connectivity index (χ3v) is 9.28. The lowest BCUT2D eigenvalue weighted by Crippen LogP contribution is -2.48. The predicted molar refractivity (Wildman–Crippen MR) is 141 cm³/mol. The van der Waals surface area contributed by atoms with Crippen molar-refractivity contribution in [3.8, 4) is 0 Å². The minimum absolute atomic E-state index is 0.0477. The number of fused-ring (bicyclic) bond motifs is 1. The Morgan fingerprint density at radius 1 is 1.08 bits per heavy atom. The van der Waals surface area contributed by atoms with Gasteiger partial charge in [0, 0.05) is 63.0 Å². The Labute approximate surface area is 226 Å². The zero-order valence-electron chi connectivity index (χ0n) is 23.7. The van der Waals surface area contributed by atoms with E-state index in [1.165, 1.54) is 0 Å². The number of ether oxygens (including phenoxy) is 1. The number of hydrogen-bond donors (Lipinski definition) is 1. The van der Waals surface area contributed by atoms with Crippen LogP contribution in [-0.2, 0) is 16.1 Å². The van der Waals surface area contributed by atoms with E-state index in [1.54, 1.807) is 4.90 Å². The van der Waals surface area contributed by atoms with Gasteiger partial charge in [-0.2, -0.15) is 0 Å². The molecule has 0 radical (unpaired) electrons. The molecule has 7 nitrogen and oxygen atoms in total. The average molecular weight is 540 g/mol. The summed E-state index contributed by atoms with van der Waals surface area (Å²) in [6.07, 6.45) is 3.13. The van der Waals surface area contributed by atoms with Crippen LogP contribution in [0.1, 0.15) is 82.2 Å². The van der Waals surface area contributed by atoms with Crippen molar-refractivity contribution in [3.05, 3.63) is 17.0 Å². The van der Waals surface area contributed by atoms with Crippen LogP contribution in [0.3, 0.4) is 0 Å². The number of β-amino-alcohol motifs (C(OH)–C–C–N with tert-alkyl or cyclic N) is 1.